The summed E-state index contributed by atoms with van der Waals surface area (Å²) in [5.41, 5.74) is 2.05. The van der Waals surface area contributed by atoms with Crippen LogP contribution in [0.2, 0.25) is 5.02 Å². The van der Waals surface area contributed by atoms with Crippen LogP contribution >= 0.6 is 11.6 Å². The van der Waals surface area contributed by atoms with Gasteiger partial charge in [-0.2, -0.15) is 5.10 Å². The molecule has 0 amide bonds. The number of hydrogen-bond donors (Lipinski definition) is 1. The Labute approximate surface area is 159 Å². The fraction of sp³-hybridized carbons (Fsp3) is 0.400. The Balaban J connectivity index is 2.08. The summed E-state index contributed by atoms with van der Waals surface area (Å²) in [7, 11) is 1.90. The Morgan fingerprint density at radius 3 is 2.54 bits per heavy atom. The van der Waals surface area contributed by atoms with Crippen molar-refractivity contribution in [1.29, 1.82) is 0 Å². The van der Waals surface area contributed by atoms with Crippen LogP contribution in [0, 0.1) is 0 Å². The third-order valence-electron chi connectivity index (χ3n) is 3.78. The summed E-state index contributed by atoms with van der Waals surface area (Å²) in [6, 6.07) is 8.06. The summed E-state index contributed by atoms with van der Waals surface area (Å²) in [6.07, 6.45) is 5.34. The van der Waals surface area contributed by atoms with E-state index in [2.05, 4.69) is 10.4 Å². The smallest absolute Gasteiger partial charge is 0.286 e. The fourth-order valence-electron chi connectivity index (χ4n) is 2.31. The van der Waals surface area contributed by atoms with Gasteiger partial charge in [0.15, 0.2) is 0 Å². The maximum absolute atomic E-state index is 12.4. The quantitative estimate of drug-likeness (QED) is 0.752. The van der Waals surface area contributed by atoms with Crippen LogP contribution in [0.5, 0.6) is 0 Å². The van der Waals surface area contributed by atoms with E-state index in [0.29, 0.717) is 18.8 Å². The van der Waals surface area contributed by atoms with Gasteiger partial charge in [-0.3, -0.25) is 4.79 Å². The van der Waals surface area contributed by atoms with Gasteiger partial charge in [0.25, 0.3) is 5.56 Å². The monoisotopic (exact) mass is 375 g/mol. The lowest BCUT2D eigenvalue weighted by Gasteiger charge is -2.20. The molecule has 0 spiro atoms. The second kappa shape index (κ2) is 9.12. The summed E-state index contributed by atoms with van der Waals surface area (Å²) in [5.74, 6) is 0. The summed E-state index contributed by atoms with van der Waals surface area (Å²) in [6.45, 7) is 7.85. The normalized spacial score (nSPS) is 12.0. The van der Waals surface area contributed by atoms with Crippen LogP contribution in [0.1, 0.15) is 37.5 Å². The van der Waals surface area contributed by atoms with E-state index in [1.807, 2.05) is 64.2 Å². The molecule has 1 aromatic heterocycles. The first-order valence-corrected chi connectivity index (χ1v) is 8.98. The molecule has 6 heteroatoms. The van der Waals surface area contributed by atoms with E-state index in [-0.39, 0.29) is 10.6 Å². The average molecular weight is 376 g/mol. The minimum Gasteiger partial charge on any atom is -0.375 e. The van der Waals surface area contributed by atoms with Gasteiger partial charge in [0.05, 0.1) is 24.9 Å². The zero-order valence-corrected chi connectivity index (χ0v) is 16.5. The number of nitrogens with one attached hydrogen (secondary N) is 1. The molecule has 0 unspecified atom stereocenters. The van der Waals surface area contributed by atoms with Gasteiger partial charge in [0.1, 0.15) is 5.02 Å². The largest absolute Gasteiger partial charge is 0.375 e. The number of benzene rings is 1. The Morgan fingerprint density at radius 2 is 1.92 bits per heavy atom. The number of nitrogens with zero attached hydrogens (tertiary/aromatic N) is 2. The van der Waals surface area contributed by atoms with Gasteiger partial charge in [-0.05, 0) is 38.9 Å². The molecule has 1 heterocycles. The maximum Gasteiger partial charge on any atom is 0.286 e. The van der Waals surface area contributed by atoms with E-state index >= 15 is 0 Å². The molecule has 140 valence electrons. The zero-order valence-electron chi connectivity index (χ0n) is 15.8. The van der Waals surface area contributed by atoms with Crippen molar-refractivity contribution < 1.29 is 4.74 Å². The topological polar surface area (TPSA) is 56.1 Å². The molecular weight excluding hydrogens is 350 g/mol. The molecular formula is C20H26ClN3O2. The van der Waals surface area contributed by atoms with Crippen molar-refractivity contribution in [2.75, 3.05) is 20.2 Å². The van der Waals surface area contributed by atoms with Gasteiger partial charge in [-0.15, -0.1) is 0 Å². The predicted molar refractivity (Wildman–Crippen MR) is 107 cm³/mol. The molecule has 1 N–H and O–H groups in total. The van der Waals surface area contributed by atoms with Crippen molar-refractivity contribution in [2.24, 2.45) is 0 Å². The van der Waals surface area contributed by atoms with E-state index in [1.165, 1.54) is 4.68 Å². The first-order chi connectivity index (χ1) is 12.3. The minimum atomic E-state index is -0.409. The molecule has 5 nitrogen and oxygen atoms in total. The minimum absolute atomic E-state index is 0.181. The van der Waals surface area contributed by atoms with Crippen molar-refractivity contribution in [3.05, 3.63) is 62.5 Å². The lowest BCUT2D eigenvalue weighted by atomic mass is 10.1. The summed E-state index contributed by atoms with van der Waals surface area (Å²) in [4.78, 5) is 12.4. The Hall–Kier alpha value is -1.95. The number of rotatable bonds is 7. The molecule has 2 rings (SSSR count). The van der Waals surface area contributed by atoms with Crippen LogP contribution < -0.4 is 10.9 Å². The van der Waals surface area contributed by atoms with Crippen LogP contribution in [-0.4, -0.2) is 30.0 Å². The number of ether oxygens (including phenoxy) is 1. The molecule has 26 heavy (non-hydrogen) atoms. The Morgan fingerprint density at radius 1 is 1.23 bits per heavy atom. The predicted octanol–water partition coefficient (Wildman–Crippen LogP) is 3.56. The Kier molecular flexibility index (Phi) is 7.14. The van der Waals surface area contributed by atoms with E-state index < -0.39 is 5.54 Å². The third kappa shape index (κ3) is 5.53. The number of hydrogen-bond acceptors (Lipinski definition) is 4. The van der Waals surface area contributed by atoms with E-state index in [1.54, 1.807) is 6.20 Å². The third-order valence-corrected chi connectivity index (χ3v) is 4.16. The van der Waals surface area contributed by atoms with Gasteiger partial charge in [0.2, 0.25) is 0 Å². The molecule has 0 aliphatic heterocycles. The molecule has 1 aromatic carbocycles. The molecule has 0 radical (unpaired) electrons. The van der Waals surface area contributed by atoms with Crippen molar-refractivity contribution >= 4 is 23.8 Å². The van der Waals surface area contributed by atoms with Gasteiger partial charge < -0.3 is 10.1 Å². The summed E-state index contributed by atoms with van der Waals surface area (Å²) in [5, 5.41) is 7.46. The van der Waals surface area contributed by atoms with Crippen molar-refractivity contribution in [3.63, 3.8) is 0 Å². The second-order valence-electron chi connectivity index (χ2n) is 7.03. The lowest BCUT2D eigenvalue weighted by molar-refractivity contribution is 0.124. The standard InChI is InChI=1S/C20H26ClN3O2/c1-20(2,3)24-19(25)18(21)17(13-23-24)10-9-15-5-7-16(8-6-15)14-26-12-11-22-4/h5-10,13,22H,11-12,14H2,1-4H3. The van der Waals surface area contributed by atoms with Crippen LogP contribution in [0.3, 0.4) is 0 Å². The van der Waals surface area contributed by atoms with E-state index in [0.717, 1.165) is 17.7 Å². The summed E-state index contributed by atoms with van der Waals surface area (Å²) >= 11 is 6.23. The first kappa shape index (κ1) is 20.4. The average Bonchev–Trinajstić information content (AvgIpc) is 2.60. The van der Waals surface area contributed by atoms with Crippen LogP contribution in [-0.2, 0) is 16.9 Å². The number of aromatic nitrogens is 2. The van der Waals surface area contributed by atoms with Gasteiger partial charge >= 0.3 is 0 Å². The molecule has 0 saturated carbocycles. The van der Waals surface area contributed by atoms with Crippen LogP contribution in [0.4, 0.5) is 0 Å². The van der Waals surface area contributed by atoms with Gasteiger partial charge in [0, 0.05) is 12.1 Å². The maximum atomic E-state index is 12.4. The van der Waals surface area contributed by atoms with Crippen LogP contribution in [0.25, 0.3) is 12.2 Å². The summed E-state index contributed by atoms with van der Waals surface area (Å²) < 4.78 is 6.95. The number of likely N-dealkylation sites (N-methyl/N-ethyl adjacent to an activating group) is 1. The molecule has 0 bridgehead atoms. The zero-order chi connectivity index (χ0) is 19.2. The fourth-order valence-corrected chi connectivity index (χ4v) is 2.51. The van der Waals surface area contributed by atoms with Crippen molar-refractivity contribution in [2.45, 2.75) is 32.9 Å². The molecule has 0 fully saturated rings. The van der Waals surface area contributed by atoms with Crippen LogP contribution in [0.15, 0.2) is 35.3 Å². The highest BCUT2D eigenvalue weighted by molar-refractivity contribution is 6.31. The second-order valence-corrected chi connectivity index (χ2v) is 7.41. The van der Waals surface area contributed by atoms with Crippen molar-refractivity contribution in [1.82, 2.24) is 15.1 Å². The molecule has 0 aliphatic carbocycles. The van der Waals surface area contributed by atoms with E-state index in [9.17, 15) is 4.79 Å². The molecule has 0 aliphatic rings. The first-order valence-electron chi connectivity index (χ1n) is 8.60. The van der Waals surface area contributed by atoms with Gasteiger partial charge in [-0.1, -0.05) is 48.0 Å². The number of halogens is 1. The molecule has 2 aromatic rings. The lowest BCUT2D eigenvalue weighted by Crippen LogP contribution is -2.36. The highest BCUT2D eigenvalue weighted by atomic mass is 35.5. The van der Waals surface area contributed by atoms with Crippen molar-refractivity contribution in [3.8, 4) is 0 Å². The highest BCUT2D eigenvalue weighted by Gasteiger charge is 2.18. The SMILES string of the molecule is CNCCOCc1ccc(C=Cc2cnn(C(C)(C)C)c(=O)c2Cl)cc1. The van der Waals surface area contributed by atoms with E-state index in [4.69, 9.17) is 16.3 Å². The molecule has 0 atom stereocenters. The molecule has 0 saturated heterocycles. The Bertz CT molecular complexity index is 805. The highest BCUT2D eigenvalue weighted by Crippen LogP contribution is 2.17. The van der Waals surface area contributed by atoms with Gasteiger partial charge in [-0.25, -0.2) is 4.68 Å².